The lowest BCUT2D eigenvalue weighted by Gasteiger charge is -2.15. The van der Waals surface area contributed by atoms with Crippen molar-refractivity contribution in [2.75, 3.05) is 26.2 Å². The van der Waals surface area contributed by atoms with E-state index >= 15 is 0 Å². The molecule has 1 atom stereocenters. The fourth-order valence-electron chi connectivity index (χ4n) is 0.556. The molecular formula is C7H17O3P. The van der Waals surface area contributed by atoms with E-state index in [1.807, 2.05) is 13.8 Å². The first-order valence-corrected chi connectivity index (χ1v) is 5.54. The molecular weight excluding hydrogens is 163 g/mol. The van der Waals surface area contributed by atoms with Gasteiger partial charge in [-0.15, -0.1) is 0 Å². The van der Waals surface area contributed by atoms with Gasteiger partial charge in [0.25, 0.3) is 0 Å². The van der Waals surface area contributed by atoms with Crippen molar-refractivity contribution in [2.45, 2.75) is 20.0 Å². The molecule has 0 aliphatic carbocycles. The van der Waals surface area contributed by atoms with Crippen molar-refractivity contribution in [2.24, 2.45) is 0 Å². The zero-order valence-electron chi connectivity index (χ0n) is 7.41. The summed E-state index contributed by atoms with van der Waals surface area (Å²) in [5.41, 5.74) is 0. The number of hydrogen-bond donors (Lipinski definition) is 1. The van der Waals surface area contributed by atoms with Crippen molar-refractivity contribution in [3.8, 4) is 0 Å². The lowest BCUT2D eigenvalue weighted by atomic mass is 10.5. The molecule has 0 saturated carbocycles. The first-order chi connectivity index (χ1) is 5.20. The predicted octanol–water partition coefficient (Wildman–Crippen LogP) is 1.40. The lowest BCUT2D eigenvalue weighted by molar-refractivity contribution is 0.114. The van der Waals surface area contributed by atoms with E-state index in [9.17, 15) is 0 Å². The van der Waals surface area contributed by atoms with E-state index in [0.29, 0.717) is 12.7 Å². The highest BCUT2D eigenvalue weighted by atomic mass is 31.1. The van der Waals surface area contributed by atoms with Gasteiger partial charge in [-0.3, -0.25) is 0 Å². The van der Waals surface area contributed by atoms with Crippen LogP contribution in [0.25, 0.3) is 0 Å². The van der Waals surface area contributed by atoms with Crippen LogP contribution in [0, 0.1) is 0 Å². The second kappa shape index (κ2) is 6.99. The van der Waals surface area contributed by atoms with Crippen LogP contribution < -0.4 is 0 Å². The first kappa shape index (κ1) is 11.3. The maximum absolute atomic E-state index is 8.84. The molecule has 0 aromatic rings. The molecule has 11 heavy (non-hydrogen) atoms. The molecule has 0 aromatic heterocycles. The zero-order chi connectivity index (χ0) is 8.69. The summed E-state index contributed by atoms with van der Waals surface area (Å²) in [6.45, 7) is 3.97. The molecule has 0 fully saturated rings. The van der Waals surface area contributed by atoms with Crippen molar-refractivity contribution in [3.63, 3.8) is 0 Å². The topological polar surface area (TPSA) is 38.7 Å². The van der Waals surface area contributed by atoms with Gasteiger partial charge in [-0.1, -0.05) is 0 Å². The number of ether oxygens (including phenoxy) is 2. The molecule has 0 spiro atoms. The van der Waals surface area contributed by atoms with E-state index in [-0.39, 0.29) is 12.5 Å². The minimum absolute atomic E-state index is 0.190. The largest absolute Gasteiger partial charge is 0.392 e. The van der Waals surface area contributed by atoms with Gasteiger partial charge in [-0.05, 0) is 21.8 Å². The van der Waals surface area contributed by atoms with Gasteiger partial charge in [0.2, 0.25) is 0 Å². The Morgan fingerprint density at radius 3 is 2.36 bits per heavy atom. The lowest BCUT2D eigenvalue weighted by Crippen LogP contribution is -2.06. The summed E-state index contributed by atoms with van der Waals surface area (Å²) < 4.78 is 10.3. The van der Waals surface area contributed by atoms with Crippen molar-refractivity contribution in [1.29, 1.82) is 0 Å². The Hall–Kier alpha value is 0.310. The summed E-state index contributed by atoms with van der Waals surface area (Å²) in [6, 6.07) is 0. The smallest absolute Gasteiger partial charge is 0.0707 e. The SMILES string of the molecule is COCP(CO)COC(C)C. The van der Waals surface area contributed by atoms with Crippen molar-refractivity contribution < 1.29 is 14.6 Å². The van der Waals surface area contributed by atoms with Crippen molar-refractivity contribution in [1.82, 2.24) is 0 Å². The second-order valence-electron chi connectivity index (χ2n) is 2.57. The maximum Gasteiger partial charge on any atom is 0.0707 e. The van der Waals surface area contributed by atoms with Gasteiger partial charge < -0.3 is 14.6 Å². The number of aliphatic hydroxyl groups is 1. The van der Waals surface area contributed by atoms with Gasteiger partial charge >= 0.3 is 0 Å². The zero-order valence-corrected chi connectivity index (χ0v) is 8.30. The van der Waals surface area contributed by atoms with Gasteiger partial charge in [0.1, 0.15) is 0 Å². The monoisotopic (exact) mass is 180 g/mol. The molecule has 1 N–H and O–H groups in total. The third-order valence-electron chi connectivity index (χ3n) is 1.10. The van der Waals surface area contributed by atoms with E-state index in [1.165, 1.54) is 0 Å². The van der Waals surface area contributed by atoms with Crippen LogP contribution >= 0.6 is 7.92 Å². The molecule has 0 amide bonds. The van der Waals surface area contributed by atoms with E-state index in [1.54, 1.807) is 7.11 Å². The minimum atomic E-state index is -0.480. The summed E-state index contributed by atoms with van der Waals surface area (Å²) >= 11 is 0. The van der Waals surface area contributed by atoms with E-state index in [0.717, 1.165) is 0 Å². The molecule has 4 heteroatoms. The fourth-order valence-corrected chi connectivity index (χ4v) is 1.67. The molecule has 0 saturated heterocycles. The van der Waals surface area contributed by atoms with Gasteiger partial charge in [-0.25, -0.2) is 0 Å². The molecule has 0 rings (SSSR count). The van der Waals surface area contributed by atoms with E-state index in [2.05, 4.69) is 0 Å². The van der Waals surface area contributed by atoms with Crippen molar-refractivity contribution in [3.05, 3.63) is 0 Å². The van der Waals surface area contributed by atoms with Crippen LogP contribution in [-0.4, -0.2) is 37.4 Å². The summed E-state index contributed by atoms with van der Waals surface area (Å²) in [4.78, 5) is 0. The number of hydrogen-bond acceptors (Lipinski definition) is 3. The molecule has 0 aliphatic heterocycles. The van der Waals surface area contributed by atoms with Crippen LogP contribution in [0.15, 0.2) is 0 Å². The van der Waals surface area contributed by atoms with Crippen LogP contribution in [0.1, 0.15) is 13.8 Å². The molecule has 1 unspecified atom stereocenters. The summed E-state index contributed by atoms with van der Waals surface area (Å²) in [7, 11) is 1.16. The number of aliphatic hydroxyl groups excluding tert-OH is 1. The minimum Gasteiger partial charge on any atom is -0.392 e. The first-order valence-electron chi connectivity index (χ1n) is 3.64. The van der Waals surface area contributed by atoms with Crippen LogP contribution in [0.5, 0.6) is 0 Å². The molecule has 3 nitrogen and oxygen atoms in total. The van der Waals surface area contributed by atoms with Crippen LogP contribution in [0.3, 0.4) is 0 Å². The highest BCUT2D eigenvalue weighted by molar-refractivity contribution is 7.56. The standard InChI is InChI=1S/C7H17O3P/c1-7(2)10-6-11(4-8)5-9-3/h7-8H,4-6H2,1-3H3. The molecule has 0 aliphatic rings. The van der Waals surface area contributed by atoms with Crippen molar-refractivity contribution >= 4 is 7.92 Å². The third kappa shape index (κ3) is 6.70. The average molecular weight is 180 g/mol. The Bertz CT molecular complexity index is 87.8. The predicted molar refractivity (Wildman–Crippen MR) is 47.0 cm³/mol. The van der Waals surface area contributed by atoms with Gasteiger partial charge in [0.05, 0.1) is 25.1 Å². The Labute approximate surface area is 69.4 Å². The fraction of sp³-hybridized carbons (Fsp3) is 1.00. The Balaban J connectivity index is 3.35. The summed E-state index contributed by atoms with van der Waals surface area (Å²) in [6.07, 6.45) is 1.69. The molecule has 0 heterocycles. The van der Waals surface area contributed by atoms with Crippen LogP contribution in [-0.2, 0) is 9.47 Å². The second-order valence-corrected chi connectivity index (χ2v) is 4.72. The van der Waals surface area contributed by atoms with E-state index in [4.69, 9.17) is 14.6 Å². The number of rotatable bonds is 6. The average Bonchev–Trinajstić information content (AvgIpc) is 1.97. The highest BCUT2D eigenvalue weighted by Gasteiger charge is 2.06. The number of methoxy groups -OCH3 is 1. The summed E-state index contributed by atoms with van der Waals surface area (Å²) in [5, 5.41) is 8.84. The highest BCUT2D eigenvalue weighted by Crippen LogP contribution is 2.33. The molecule has 0 radical (unpaired) electrons. The molecule has 68 valence electrons. The van der Waals surface area contributed by atoms with Gasteiger partial charge in [0.15, 0.2) is 0 Å². The third-order valence-corrected chi connectivity index (χ3v) is 2.64. The molecule has 0 aromatic carbocycles. The normalized spacial score (nSPS) is 13.9. The maximum atomic E-state index is 8.84. The Morgan fingerprint density at radius 2 is 2.00 bits per heavy atom. The quantitative estimate of drug-likeness (QED) is 0.628. The Morgan fingerprint density at radius 1 is 1.36 bits per heavy atom. The van der Waals surface area contributed by atoms with E-state index < -0.39 is 7.92 Å². The van der Waals surface area contributed by atoms with Gasteiger partial charge in [0, 0.05) is 7.11 Å². The van der Waals surface area contributed by atoms with Crippen LogP contribution in [0.4, 0.5) is 0 Å². The summed E-state index contributed by atoms with van der Waals surface area (Å²) in [5.74, 6) is 0. The molecule has 0 bridgehead atoms. The van der Waals surface area contributed by atoms with Crippen LogP contribution in [0.2, 0.25) is 0 Å². The van der Waals surface area contributed by atoms with Gasteiger partial charge in [-0.2, -0.15) is 0 Å². The Kier molecular flexibility index (Phi) is 7.18.